The smallest absolute Gasteiger partial charge is 0.119 e. The average Bonchev–Trinajstić information content (AvgIpc) is 1.65. The van der Waals surface area contributed by atoms with Crippen molar-refractivity contribution < 1.29 is 7.54 Å². The van der Waals surface area contributed by atoms with Crippen LogP contribution >= 0.6 is 0 Å². The lowest BCUT2D eigenvalue weighted by Gasteiger charge is -1.51. The zero-order chi connectivity index (χ0) is 4.99. The molecule has 0 heterocycles. The molecule has 0 aliphatic heterocycles. The van der Waals surface area contributed by atoms with Crippen molar-refractivity contribution in [1.29, 1.82) is 0 Å². The minimum Gasteiger partial charge on any atom is -0.303 e. The van der Waals surface area contributed by atoms with E-state index in [2.05, 4.69) is 0 Å². The van der Waals surface area contributed by atoms with Gasteiger partial charge in [0.25, 0.3) is 0 Å². The van der Waals surface area contributed by atoms with Gasteiger partial charge in [-0.2, -0.15) is 0 Å². The second-order valence-electron chi connectivity index (χ2n) is 0.372. The summed E-state index contributed by atoms with van der Waals surface area (Å²) in [6, 6.07) is 0. The number of hydrogen-bond acceptors (Lipinski definition) is 1. The van der Waals surface area contributed by atoms with Crippen LogP contribution in [-0.2, 0) is 4.79 Å². The molecular weight excluding hydrogens is 52.0 g/mol. The molecule has 1 unspecified atom stereocenters. The highest BCUT2D eigenvalue weighted by Gasteiger charge is 1.52. The fraction of sp³-hybridized carbons (Fsp3) is 0.667. The van der Waals surface area contributed by atoms with E-state index >= 15 is 0 Å². The summed E-state index contributed by atoms with van der Waals surface area (Å²) in [5, 5.41) is 0. The molecule has 0 saturated heterocycles. The van der Waals surface area contributed by atoms with E-state index in [1.54, 1.807) is 0 Å². The van der Waals surface area contributed by atoms with Gasteiger partial charge >= 0.3 is 0 Å². The zero-order valence-corrected chi connectivity index (χ0v) is 2.27. The molecule has 0 amide bonds. The van der Waals surface area contributed by atoms with Gasteiger partial charge in [0.15, 0.2) is 0 Å². The molecule has 24 valence electrons. The van der Waals surface area contributed by atoms with E-state index in [0.29, 0.717) is 6.29 Å². The molecule has 0 rings (SSSR count). The largest absolute Gasteiger partial charge is 0.303 e. The van der Waals surface area contributed by atoms with E-state index in [0.717, 1.165) is 0 Å². The molecular formula is C3H6O. The summed E-state index contributed by atoms with van der Waals surface area (Å²) in [5.41, 5.74) is 0. The first kappa shape index (κ1) is 1.20. The van der Waals surface area contributed by atoms with Crippen molar-refractivity contribution in [3.8, 4) is 0 Å². The van der Waals surface area contributed by atoms with E-state index in [4.69, 9.17) is 2.74 Å². The van der Waals surface area contributed by atoms with Gasteiger partial charge in [0.05, 0.1) is 0 Å². The Morgan fingerprint density at radius 3 is 3.50 bits per heavy atom. The summed E-state index contributed by atoms with van der Waals surface area (Å²) < 4.78 is 12.9. The lowest BCUT2D eigenvalue weighted by atomic mass is 10.6. The maximum Gasteiger partial charge on any atom is 0.119 e. The molecule has 4 heavy (non-hydrogen) atoms. The van der Waals surface area contributed by atoms with E-state index in [1.807, 2.05) is 0 Å². The van der Waals surface area contributed by atoms with Gasteiger partial charge in [-0.25, -0.2) is 0 Å². The van der Waals surface area contributed by atoms with Crippen molar-refractivity contribution in [1.82, 2.24) is 0 Å². The van der Waals surface area contributed by atoms with Crippen molar-refractivity contribution in [3.63, 3.8) is 0 Å². The molecule has 0 aliphatic carbocycles. The maximum absolute atomic E-state index is 9.43. The molecule has 0 bridgehead atoms. The van der Waals surface area contributed by atoms with E-state index in [-0.39, 0.29) is 6.90 Å². The molecule has 0 fully saturated rings. The summed E-state index contributed by atoms with van der Waals surface area (Å²) >= 11 is 0. The number of rotatable bonds is 1. The lowest BCUT2D eigenvalue weighted by Crippen LogP contribution is -1.55. The van der Waals surface area contributed by atoms with Gasteiger partial charge in [0.1, 0.15) is 6.29 Å². The molecule has 1 nitrogen and oxygen atoms in total. The number of carbonyl (C=O) groups excluding carboxylic acids is 1. The number of carbonyl (C=O) groups is 1. The highest BCUT2D eigenvalue weighted by molar-refractivity contribution is 5.48. The summed E-state index contributed by atoms with van der Waals surface area (Å²) in [6.45, 7) is -0.122. The van der Waals surface area contributed by atoms with Gasteiger partial charge in [0, 0.05) is 9.14 Å². The third kappa shape index (κ3) is 1.67. The topological polar surface area (TPSA) is 17.1 Å². The third-order valence-corrected chi connectivity index (χ3v) is 0.0962. The molecule has 0 spiro atoms. The first-order chi connectivity index (χ1) is 2.81. The lowest BCUT2D eigenvalue weighted by molar-refractivity contribution is -0.107. The average molecular weight is 60.1 g/mol. The van der Waals surface area contributed by atoms with E-state index in [9.17, 15) is 4.79 Å². The standard InChI is InChI=1S/C3H6O/c1-2-3-4/h3H,2H2,1H3/i1D,2D. The van der Waals surface area contributed by atoms with E-state index < -0.39 is 6.40 Å². The number of hydrogen-bond donors (Lipinski definition) is 0. The first-order valence-electron chi connectivity index (χ1n) is 2.26. The molecule has 0 saturated carbocycles. The quantitative estimate of drug-likeness (QED) is 0.405. The van der Waals surface area contributed by atoms with Gasteiger partial charge < -0.3 is 4.79 Å². The van der Waals surface area contributed by atoms with Crippen LogP contribution < -0.4 is 0 Å². The van der Waals surface area contributed by atoms with Gasteiger partial charge in [-0.15, -0.1) is 0 Å². The minimum absolute atomic E-state index is 0.122. The van der Waals surface area contributed by atoms with Crippen LogP contribution in [0.1, 0.15) is 16.0 Å². The normalized spacial score (nSPS) is 21.0. The molecule has 0 aromatic rings. The highest BCUT2D eigenvalue weighted by Crippen LogP contribution is 1.53. The van der Waals surface area contributed by atoms with Crippen LogP contribution in [0.25, 0.3) is 0 Å². The second kappa shape index (κ2) is 2.67. The highest BCUT2D eigenvalue weighted by atomic mass is 16.1. The summed E-state index contributed by atoms with van der Waals surface area (Å²) in [7, 11) is 0. The second-order valence-corrected chi connectivity index (χ2v) is 0.372. The molecule has 0 radical (unpaired) electrons. The van der Waals surface area contributed by atoms with Gasteiger partial charge in [0.2, 0.25) is 0 Å². The van der Waals surface area contributed by atoms with Crippen LogP contribution in [0.15, 0.2) is 0 Å². The third-order valence-electron chi connectivity index (χ3n) is 0.0962. The van der Waals surface area contributed by atoms with Crippen LogP contribution in [0.2, 0.25) is 0 Å². The predicted octanol–water partition coefficient (Wildman–Crippen LogP) is 0.595. The van der Waals surface area contributed by atoms with Crippen LogP contribution in [-0.4, -0.2) is 6.29 Å². The van der Waals surface area contributed by atoms with Gasteiger partial charge in [-0.3, -0.25) is 0 Å². The van der Waals surface area contributed by atoms with Crippen LogP contribution in [0.3, 0.4) is 0 Å². The molecule has 0 aromatic heterocycles. The molecule has 0 aliphatic rings. The molecule has 0 N–H and O–H groups in total. The Bertz CT molecular complexity index is 46.1. The minimum atomic E-state index is -0.829. The van der Waals surface area contributed by atoms with E-state index in [1.165, 1.54) is 0 Å². The van der Waals surface area contributed by atoms with Crippen LogP contribution in [0.5, 0.6) is 0 Å². The Balaban J connectivity index is 2.96. The van der Waals surface area contributed by atoms with Crippen LogP contribution in [0.4, 0.5) is 0 Å². The molecule has 1 atom stereocenters. The predicted molar refractivity (Wildman–Crippen MR) is 16.4 cm³/mol. The Morgan fingerprint density at radius 1 is 2.75 bits per heavy atom. The van der Waals surface area contributed by atoms with Gasteiger partial charge in [-0.05, 0) is 0 Å². The fourth-order valence-corrected chi connectivity index (χ4v) is 0. The Morgan fingerprint density at radius 2 is 3.50 bits per heavy atom. The van der Waals surface area contributed by atoms with Crippen molar-refractivity contribution >= 4 is 6.29 Å². The zero-order valence-electron chi connectivity index (χ0n) is 4.27. The summed E-state index contributed by atoms with van der Waals surface area (Å²) in [5.74, 6) is 0. The SMILES string of the molecule is [2H]CC([2H])C=O. The van der Waals surface area contributed by atoms with Crippen molar-refractivity contribution in [2.24, 2.45) is 0 Å². The van der Waals surface area contributed by atoms with Crippen LogP contribution in [0, 0.1) is 0 Å². The number of aldehydes is 1. The van der Waals surface area contributed by atoms with Crippen molar-refractivity contribution in [2.45, 2.75) is 13.3 Å². The van der Waals surface area contributed by atoms with Gasteiger partial charge in [-0.1, -0.05) is 6.90 Å². The maximum atomic E-state index is 9.43. The fourth-order valence-electron chi connectivity index (χ4n) is 0. The summed E-state index contributed by atoms with van der Waals surface area (Å²) in [6.07, 6.45) is -0.377. The Hall–Kier alpha value is -0.330. The monoisotopic (exact) mass is 60.1 g/mol. The summed E-state index contributed by atoms with van der Waals surface area (Å²) in [4.78, 5) is 9.43. The first-order valence-corrected chi connectivity index (χ1v) is 0.977. The molecule has 0 aromatic carbocycles. The van der Waals surface area contributed by atoms with Crippen molar-refractivity contribution in [3.05, 3.63) is 0 Å². The molecule has 1 heteroatoms. The van der Waals surface area contributed by atoms with Crippen molar-refractivity contribution in [2.75, 3.05) is 0 Å². The Kier molecular flexibility index (Phi) is 0.801. The Labute approximate surface area is 28.4 Å².